The Bertz CT molecular complexity index is 202. The third-order valence-electron chi connectivity index (χ3n) is 3.38. The first-order chi connectivity index (χ1) is 8.01. The molecule has 0 aromatic carbocycles. The highest BCUT2D eigenvalue weighted by atomic mass is 19.4. The first-order valence-corrected chi connectivity index (χ1v) is 6.33. The van der Waals surface area contributed by atoms with Gasteiger partial charge in [0.1, 0.15) is 6.61 Å². The van der Waals surface area contributed by atoms with Crippen LogP contribution < -0.4 is 5.32 Å². The normalized spacial score (nSPS) is 19.8. The summed E-state index contributed by atoms with van der Waals surface area (Å²) in [6.45, 7) is -0.954. The van der Waals surface area contributed by atoms with E-state index in [1.165, 1.54) is 25.7 Å². The lowest BCUT2D eigenvalue weighted by molar-refractivity contribution is -0.174. The molecule has 0 heterocycles. The van der Waals surface area contributed by atoms with Gasteiger partial charge in [0.2, 0.25) is 0 Å². The van der Waals surface area contributed by atoms with Crippen LogP contribution in [0.25, 0.3) is 0 Å². The molecule has 5 heteroatoms. The monoisotopic (exact) mass is 253 g/mol. The van der Waals surface area contributed by atoms with Gasteiger partial charge in [-0.2, -0.15) is 13.2 Å². The number of ether oxygens (including phenoxy) is 1. The van der Waals surface area contributed by atoms with E-state index in [1.54, 1.807) is 0 Å². The SMILES string of the molecule is CNC(CCOCC(F)(F)F)CC1CCCC1. The first kappa shape index (κ1) is 14.8. The van der Waals surface area contributed by atoms with Crippen LogP contribution in [0.3, 0.4) is 0 Å². The Morgan fingerprint density at radius 2 is 1.94 bits per heavy atom. The summed E-state index contributed by atoms with van der Waals surface area (Å²) in [6, 6.07) is 0.284. The molecular formula is C12H22F3NO. The van der Waals surface area contributed by atoms with E-state index in [4.69, 9.17) is 0 Å². The van der Waals surface area contributed by atoms with E-state index in [-0.39, 0.29) is 12.6 Å². The van der Waals surface area contributed by atoms with Crippen molar-refractivity contribution in [1.29, 1.82) is 0 Å². The van der Waals surface area contributed by atoms with Crippen LogP contribution in [0.15, 0.2) is 0 Å². The summed E-state index contributed by atoms with van der Waals surface area (Å²) in [7, 11) is 1.86. The highest BCUT2D eigenvalue weighted by Crippen LogP contribution is 2.29. The van der Waals surface area contributed by atoms with Crippen molar-refractivity contribution in [2.24, 2.45) is 5.92 Å². The van der Waals surface area contributed by atoms with Crippen molar-refractivity contribution >= 4 is 0 Å². The molecule has 1 aliphatic carbocycles. The Kier molecular flexibility index (Phi) is 6.27. The third-order valence-corrected chi connectivity index (χ3v) is 3.38. The standard InChI is InChI=1S/C12H22F3NO/c1-16-11(8-10-4-2-3-5-10)6-7-17-9-12(13,14)15/h10-11,16H,2-9H2,1H3. The quantitative estimate of drug-likeness (QED) is 0.704. The first-order valence-electron chi connectivity index (χ1n) is 6.33. The third kappa shape index (κ3) is 6.88. The van der Waals surface area contributed by atoms with Gasteiger partial charge in [-0.25, -0.2) is 0 Å². The Morgan fingerprint density at radius 1 is 1.29 bits per heavy atom. The minimum atomic E-state index is -4.21. The Balaban J connectivity index is 2.09. The molecule has 1 atom stereocenters. The summed E-state index contributed by atoms with van der Waals surface area (Å²) in [5, 5.41) is 3.17. The molecule has 1 saturated carbocycles. The van der Waals surface area contributed by atoms with Crippen LogP contribution in [0.5, 0.6) is 0 Å². The number of alkyl halides is 3. The molecule has 0 radical (unpaired) electrons. The van der Waals surface area contributed by atoms with Crippen molar-refractivity contribution in [1.82, 2.24) is 5.32 Å². The maximum Gasteiger partial charge on any atom is 0.411 e. The van der Waals surface area contributed by atoms with Gasteiger partial charge in [-0.1, -0.05) is 25.7 Å². The molecule has 2 nitrogen and oxygen atoms in total. The van der Waals surface area contributed by atoms with Gasteiger partial charge in [0, 0.05) is 12.6 Å². The lowest BCUT2D eigenvalue weighted by Crippen LogP contribution is -2.29. The van der Waals surface area contributed by atoms with Gasteiger partial charge in [0.05, 0.1) is 0 Å². The summed E-state index contributed by atoms with van der Waals surface area (Å²) in [5.74, 6) is 0.745. The van der Waals surface area contributed by atoms with Crippen molar-refractivity contribution in [3.05, 3.63) is 0 Å². The summed E-state index contributed by atoms with van der Waals surface area (Å²) in [6.07, 6.45) is 2.63. The van der Waals surface area contributed by atoms with E-state index in [2.05, 4.69) is 10.1 Å². The minimum Gasteiger partial charge on any atom is -0.372 e. The molecule has 1 N–H and O–H groups in total. The summed E-state index contributed by atoms with van der Waals surface area (Å²) < 4.78 is 40.2. The number of hydrogen-bond acceptors (Lipinski definition) is 2. The van der Waals surface area contributed by atoms with Crippen molar-refractivity contribution in [2.45, 2.75) is 50.7 Å². The van der Waals surface area contributed by atoms with Crippen molar-refractivity contribution in [3.63, 3.8) is 0 Å². The maximum absolute atomic E-state index is 11.8. The molecule has 0 aromatic heterocycles. The van der Waals surface area contributed by atoms with Crippen LogP contribution in [0.4, 0.5) is 13.2 Å². The van der Waals surface area contributed by atoms with Crippen LogP contribution in [0.2, 0.25) is 0 Å². The number of rotatable bonds is 7. The molecule has 1 fully saturated rings. The zero-order valence-electron chi connectivity index (χ0n) is 10.4. The van der Waals surface area contributed by atoms with Crippen LogP contribution in [0.1, 0.15) is 38.5 Å². The Labute approximate surface area is 101 Å². The van der Waals surface area contributed by atoms with E-state index >= 15 is 0 Å². The van der Waals surface area contributed by atoms with Gasteiger partial charge in [0.15, 0.2) is 0 Å². The minimum absolute atomic E-state index is 0.178. The van der Waals surface area contributed by atoms with Crippen molar-refractivity contribution in [2.75, 3.05) is 20.3 Å². The van der Waals surface area contributed by atoms with Crippen molar-refractivity contribution in [3.8, 4) is 0 Å². The zero-order chi connectivity index (χ0) is 12.7. The predicted octanol–water partition coefficient (Wildman–Crippen LogP) is 3.12. The summed E-state index contributed by atoms with van der Waals surface area (Å²) in [4.78, 5) is 0. The van der Waals surface area contributed by atoms with Gasteiger partial charge in [-0.15, -0.1) is 0 Å². The molecule has 1 aliphatic rings. The van der Waals surface area contributed by atoms with Gasteiger partial charge in [-0.05, 0) is 25.8 Å². The molecule has 1 rings (SSSR count). The molecule has 0 aliphatic heterocycles. The fourth-order valence-electron chi connectivity index (χ4n) is 2.44. The summed E-state index contributed by atoms with van der Waals surface area (Å²) >= 11 is 0. The van der Waals surface area contributed by atoms with Crippen LogP contribution in [-0.2, 0) is 4.74 Å². The molecule has 0 bridgehead atoms. The lowest BCUT2D eigenvalue weighted by Gasteiger charge is -2.20. The molecule has 0 aromatic rings. The van der Waals surface area contributed by atoms with Gasteiger partial charge in [-0.3, -0.25) is 0 Å². The highest BCUT2D eigenvalue weighted by molar-refractivity contribution is 4.74. The molecular weight excluding hydrogens is 231 g/mol. The van der Waals surface area contributed by atoms with E-state index in [1.807, 2.05) is 7.05 Å². The van der Waals surface area contributed by atoms with Crippen LogP contribution in [-0.4, -0.2) is 32.5 Å². The average molecular weight is 253 g/mol. The molecule has 0 spiro atoms. The zero-order valence-corrected chi connectivity index (χ0v) is 10.4. The molecule has 0 saturated heterocycles. The maximum atomic E-state index is 11.8. The van der Waals surface area contributed by atoms with Crippen LogP contribution >= 0.6 is 0 Å². The van der Waals surface area contributed by atoms with Gasteiger partial charge in [0.25, 0.3) is 0 Å². The Hall–Kier alpha value is -0.290. The average Bonchev–Trinajstić information content (AvgIpc) is 2.73. The summed E-state index contributed by atoms with van der Waals surface area (Å²) in [5.41, 5.74) is 0. The van der Waals surface area contributed by atoms with Gasteiger partial charge >= 0.3 is 6.18 Å². The predicted molar refractivity (Wildman–Crippen MR) is 60.9 cm³/mol. The number of nitrogens with one attached hydrogen (secondary N) is 1. The van der Waals surface area contributed by atoms with Crippen LogP contribution in [0, 0.1) is 5.92 Å². The number of hydrogen-bond donors (Lipinski definition) is 1. The van der Waals surface area contributed by atoms with E-state index in [0.29, 0.717) is 6.42 Å². The molecule has 1 unspecified atom stereocenters. The second kappa shape index (κ2) is 7.21. The topological polar surface area (TPSA) is 21.3 Å². The van der Waals surface area contributed by atoms with E-state index < -0.39 is 12.8 Å². The number of halogens is 3. The lowest BCUT2D eigenvalue weighted by atomic mass is 9.97. The molecule has 0 amide bonds. The van der Waals surface area contributed by atoms with E-state index in [0.717, 1.165) is 12.3 Å². The van der Waals surface area contributed by atoms with Gasteiger partial charge < -0.3 is 10.1 Å². The molecule has 102 valence electrons. The Morgan fingerprint density at radius 3 is 2.47 bits per heavy atom. The largest absolute Gasteiger partial charge is 0.411 e. The fourth-order valence-corrected chi connectivity index (χ4v) is 2.44. The van der Waals surface area contributed by atoms with Crippen molar-refractivity contribution < 1.29 is 17.9 Å². The second-order valence-corrected chi connectivity index (χ2v) is 4.83. The highest BCUT2D eigenvalue weighted by Gasteiger charge is 2.27. The van der Waals surface area contributed by atoms with E-state index in [9.17, 15) is 13.2 Å². The fraction of sp³-hybridized carbons (Fsp3) is 1.00. The second-order valence-electron chi connectivity index (χ2n) is 4.83. The molecule has 17 heavy (non-hydrogen) atoms. The smallest absolute Gasteiger partial charge is 0.372 e.